The van der Waals surface area contributed by atoms with Crippen molar-refractivity contribution in [2.75, 3.05) is 0 Å². The molecule has 0 atom stereocenters. The monoisotopic (exact) mass is 588 g/mol. The Balaban J connectivity index is 1.75. The van der Waals surface area contributed by atoms with E-state index in [1.807, 2.05) is 33.8 Å². The van der Waals surface area contributed by atoms with E-state index in [0.717, 1.165) is 56.2 Å². The molecule has 2 aromatic rings. The van der Waals surface area contributed by atoms with Gasteiger partial charge in [0.25, 0.3) is 11.8 Å². The van der Waals surface area contributed by atoms with Crippen LogP contribution in [-0.4, -0.2) is 49.6 Å². The summed E-state index contributed by atoms with van der Waals surface area (Å²) in [4.78, 5) is 58.9. The largest absolute Gasteiger partial charge is 0.481 e. The Labute approximate surface area is 251 Å². The van der Waals surface area contributed by atoms with E-state index in [2.05, 4.69) is 20.3 Å². The van der Waals surface area contributed by atoms with Crippen molar-refractivity contribution in [3.63, 3.8) is 0 Å². The summed E-state index contributed by atoms with van der Waals surface area (Å²) in [7, 11) is 0. The number of carboxylic acid groups (broad SMARTS) is 2. The molecule has 228 valence electrons. The van der Waals surface area contributed by atoms with Crippen molar-refractivity contribution in [1.82, 2.24) is 15.3 Å². The molecule has 5 N–H and O–H groups in total. The zero-order valence-corrected chi connectivity index (χ0v) is 25.7. The molecule has 0 spiro atoms. The average molecular weight is 589 g/mol. The molecule has 10 nitrogen and oxygen atoms in total. The van der Waals surface area contributed by atoms with Crippen LogP contribution in [0.25, 0.3) is 6.08 Å². The van der Waals surface area contributed by atoms with Crippen LogP contribution in [0.1, 0.15) is 98.4 Å². The third kappa shape index (κ3) is 6.48. The van der Waals surface area contributed by atoms with E-state index < -0.39 is 11.9 Å². The van der Waals surface area contributed by atoms with E-state index in [9.17, 15) is 29.4 Å². The first-order valence-electron chi connectivity index (χ1n) is 14.7. The second-order valence-electron chi connectivity index (χ2n) is 11.2. The number of amides is 2. The number of carboxylic acids is 2. The number of H-pyrrole nitrogens is 2. The van der Waals surface area contributed by atoms with Crippen molar-refractivity contribution in [3.8, 4) is 0 Å². The fourth-order valence-electron chi connectivity index (χ4n) is 6.16. The fourth-order valence-corrected chi connectivity index (χ4v) is 6.16. The van der Waals surface area contributed by atoms with Crippen LogP contribution in [0.3, 0.4) is 0 Å². The van der Waals surface area contributed by atoms with Crippen LogP contribution in [0.4, 0.5) is 0 Å². The van der Waals surface area contributed by atoms with Gasteiger partial charge in [0.1, 0.15) is 0 Å². The van der Waals surface area contributed by atoms with Crippen LogP contribution in [0.2, 0.25) is 0 Å². The van der Waals surface area contributed by atoms with Gasteiger partial charge in [-0.15, -0.1) is 0 Å². The molecule has 0 bridgehead atoms. The summed E-state index contributed by atoms with van der Waals surface area (Å²) in [5, 5.41) is 21.8. The first-order valence-corrected chi connectivity index (χ1v) is 14.7. The molecule has 0 aromatic carbocycles. The summed E-state index contributed by atoms with van der Waals surface area (Å²) in [5.74, 6) is -2.14. The molecule has 0 radical (unpaired) electrons. The summed E-state index contributed by atoms with van der Waals surface area (Å²) in [6, 6.07) is 0. The zero-order chi connectivity index (χ0) is 31.6. The van der Waals surface area contributed by atoms with Gasteiger partial charge in [-0.25, -0.2) is 4.99 Å². The first kappa shape index (κ1) is 31.5. The summed E-state index contributed by atoms with van der Waals surface area (Å²) in [6.07, 6.45) is 4.74. The third-order valence-corrected chi connectivity index (χ3v) is 8.68. The molecule has 2 aliphatic heterocycles. The SMILES string of the molecule is CCC1=C(C)C(=O)N=C1Cc1[nH]c(Cc2[nH]c(/C=C3/NC(=O)C(C)=C3CC)c(CCC(=O)O)c2C)c(C)c1CCC(=O)O. The highest BCUT2D eigenvalue weighted by atomic mass is 16.4. The van der Waals surface area contributed by atoms with Crippen molar-refractivity contribution in [2.45, 2.75) is 92.9 Å². The van der Waals surface area contributed by atoms with E-state index in [0.29, 0.717) is 61.1 Å². The van der Waals surface area contributed by atoms with Crippen molar-refractivity contribution in [3.05, 3.63) is 73.0 Å². The molecule has 0 saturated heterocycles. The molecular formula is C33H40N4O6. The number of allylic oxidation sites excluding steroid dienone is 2. The van der Waals surface area contributed by atoms with Crippen molar-refractivity contribution < 1.29 is 29.4 Å². The molecule has 4 heterocycles. The standard InChI is InChI=1S/C33H40N4O6/c1-7-20-18(5)32(42)36-26(20)14-28-22(9-11-30(38)39)16(3)24(34-28)13-25-17(4)23(10-12-31(40)41)29(35-25)15-27-21(8-2)19(6)33(43)37-27/h14,34-35H,7-13,15H2,1-6H3,(H,36,42)(H,38,39)(H,40,41)/b26-14+. The van der Waals surface area contributed by atoms with Gasteiger partial charge in [0.2, 0.25) is 0 Å². The topological polar surface area (TPSA) is 165 Å². The lowest BCUT2D eigenvalue weighted by Gasteiger charge is -2.07. The third-order valence-electron chi connectivity index (χ3n) is 8.68. The number of aliphatic carboxylic acids is 2. The number of carbonyl (C=O) groups is 4. The van der Waals surface area contributed by atoms with Crippen LogP contribution in [0.5, 0.6) is 0 Å². The second kappa shape index (κ2) is 12.8. The molecular weight excluding hydrogens is 548 g/mol. The molecule has 0 saturated carbocycles. The highest BCUT2D eigenvalue weighted by Crippen LogP contribution is 2.31. The van der Waals surface area contributed by atoms with E-state index >= 15 is 0 Å². The molecule has 2 amide bonds. The highest BCUT2D eigenvalue weighted by Gasteiger charge is 2.26. The van der Waals surface area contributed by atoms with Crippen molar-refractivity contribution in [2.24, 2.45) is 4.99 Å². The number of rotatable bonds is 13. The van der Waals surface area contributed by atoms with Gasteiger partial charge in [-0.1, -0.05) is 13.8 Å². The second-order valence-corrected chi connectivity index (χ2v) is 11.2. The van der Waals surface area contributed by atoms with Gasteiger partial charge in [-0.05, 0) is 92.9 Å². The van der Waals surface area contributed by atoms with Gasteiger partial charge in [-0.3, -0.25) is 19.2 Å². The van der Waals surface area contributed by atoms with Gasteiger partial charge < -0.3 is 25.5 Å². The first-order chi connectivity index (χ1) is 20.4. The summed E-state index contributed by atoms with van der Waals surface area (Å²) in [6.45, 7) is 11.5. The highest BCUT2D eigenvalue weighted by molar-refractivity contribution is 6.19. The normalized spacial score (nSPS) is 16.1. The number of aliphatic imine (C=N–C) groups is 1. The lowest BCUT2D eigenvalue weighted by Crippen LogP contribution is -2.15. The number of aromatic amines is 2. The minimum Gasteiger partial charge on any atom is -0.481 e. The molecule has 2 aromatic heterocycles. The minimum atomic E-state index is -0.892. The van der Waals surface area contributed by atoms with Crippen LogP contribution in [0, 0.1) is 13.8 Å². The molecule has 2 aliphatic rings. The summed E-state index contributed by atoms with van der Waals surface area (Å²) in [5.41, 5.74) is 11.7. The smallest absolute Gasteiger partial charge is 0.303 e. The Morgan fingerprint density at radius 2 is 1.35 bits per heavy atom. The molecule has 10 heteroatoms. The number of nitrogens with one attached hydrogen (secondary N) is 3. The Hall–Kier alpha value is -4.47. The molecule has 4 rings (SSSR count). The number of aromatic nitrogens is 2. The van der Waals surface area contributed by atoms with Gasteiger partial charge >= 0.3 is 11.9 Å². The van der Waals surface area contributed by atoms with Crippen LogP contribution in [0.15, 0.2) is 33.0 Å². The number of hydrogen-bond donors (Lipinski definition) is 5. The van der Waals surface area contributed by atoms with E-state index in [-0.39, 0.29) is 24.7 Å². The predicted octanol–water partition coefficient (Wildman–Crippen LogP) is 5.03. The maximum Gasteiger partial charge on any atom is 0.303 e. The van der Waals surface area contributed by atoms with Gasteiger partial charge in [0.05, 0.1) is 5.71 Å². The van der Waals surface area contributed by atoms with E-state index in [1.54, 1.807) is 13.8 Å². The van der Waals surface area contributed by atoms with Gasteiger partial charge in [0, 0.05) is 65.3 Å². The minimum absolute atomic E-state index is 0.0248. The van der Waals surface area contributed by atoms with Crippen LogP contribution in [-0.2, 0) is 44.9 Å². The van der Waals surface area contributed by atoms with Gasteiger partial charge in [0.15, 0.2) is 0 Å². The predicted molar refractivity (Wildman–Crippen MR) is 164 cm³/mol. The Morgan fingerprint density at radius 1 is 0.767 bits per heavy atom. The molecule has 0 fully saturated rings. The molecule has 43 heavy (non-hydrogen) atoms. The Kier molecular flexibility index (Phi) is 9.37. The van der Waals surface area contributed by atoms with Crippen molar-refractivity contribution in [1.29, 1.82) is 0 Å². The maximum atomic E-state index is 12.4. The van der Waals surface area contributed by atoms with Gasteiger partial charge in [-0.2, -0.15) is 0 Å². The fraction of sp³-hybridized carbons (Fsp3) is 0.424. The van der Waals surface area contributed by atoms with E-state index in [1.165, 1.54) is 0 Å². The lowest BCUT2D eigenvalue weighted by molar-refractivity contribution is -0.138. The quantitative estimate of drug-likeness (QED) is 0.220. The van der Waals surface area contributed by atoms with E-state index in [4.69, 9.17) is 0 Å². The Bertz CT molecular complexity index is 1640. The average Bonchev–Trinajstić information content (AvgIpc) is 3.59. The zero-order valence-electron chi connectivity index (χ0n) is 25.7. The summed E-state index contributed by atoms with van der Waals surface area (Å²) >= 11 is 0. The van der Waals surface area contributed by atoms with Crippen molar-refractivity contribution >= 4 is 35.5 Å². The molecule has 0 aliphatic carbocycles. The lowest BCUT2D eigenvalue weighted by atomic mass is 9.96. The summed E-state index contributed by atoms with van der Waals surface area (Å²) < 4.78 is 0. The Morgan fingerprint density at radius 3 is 1.95 bits per heavy atom. The molecule has 0 unspecified atom stereocenters. The number of nitrogens with zero attached hydrogens (tertiary/aromatic N) is 1. The maximum absolute atomic E-state index is 12.4. The van der Waals surface area contributed by atoms with Crippen LogP contribution >= 0.6 is 0 Å². The number of carbonyl (C=O) groups excluding carboxylic acids is 2. The number of hydrogen-bond acceptors (Lipinski definition) is 4. The van der Waals surface area contributed by atoms with Crippen LogP contribution < -0.4 is 5.32 Å².